The summed E-state index contributed by atoms with van der Waals surface area (Å²) in [6, 6.07) is 18.8. The van der Waals surface area contributed by atoms with Crippen molar-refractivity contribution in [1.82, 2.24) is 0 Å². The summed E-state index contributed by atoms with van der Waals surface area (Å²) in [4.78, 5) is 0. The van der Waals surface area contributed by atoms with Gasteiger partial charge in [0.1, 0.15) is 6.67 Å². The zero-order chi connectivity index (χ0) is 11.9. The summed E-state index contributed by atoms with van der Waals surface area (Å²) in [6.07, 6.45) is 0. The van der Waals surface area contributed by atoms with Crippen molar-refractivity contribution in [2.75, 3.05) is 12.1 Å². The van der Waals surface area contributed by atoms with E-state index in [0.717, 1.165) is 11.3 Å². The topological polar surface area (TPSA) is 24.4 Å². The Balaban J connectivity index is 2.14. The van der Waals surface area contributed by atoms with Crippen molar-refractivity contribution >= 4 is 11.4 Å². The average molecular weight is 228 g/mol. The molecule has 0 bridgehead atoms. The van der Waals surface area contributed by atoms with Crippen LogP contribution in [0.3, 0.4) is 0 Å². The summed E-state index contributed by atoms with van der Waals surface area (Å²) in [5, 5.41) is 4.07. The van der Waals surface area contributed by atoms with Gasteiger partial charge in [0, 0.05) is 5.56 Å². The Hall–Kier alpha value is -2.16. The standard InChI is InChI=1S/C14H13FN2/c15-11-14(12-7-3-1-4-8-12)17-16-13-9-5-2-6-10-13/h1-10,16H,11H2. The van der Waals surface area contributed by atoms with E-state index in [4.69, 9.17) is 0 Å². The average Bonchev–Trinajstić information content (AvgIpc) is 2.42. The normalized spacial score (nSPS) is 11.2. The van der Waals surface area contributed by atoms with E-state index in [2.05, 4.69) is 10.5 Å². The van der Waals surface area contributed by atoms with Crippen LogP contribution in [-0.2, 0) is 0 Å². The molecule has 0 amide bonds. The molecule has 0 radical (unpaired) electrons. The van der Waals surface area contributed by atoms with Crippen LogP contribution < -0.4 is 5.43 Å². The molecule has 0 heterocycles. The molecule has 0 atom stereocenters. The molecule has 0 saturated heterocycles. The lowest BCUT2D eigenvalue weighted by Gasteiger charge is -2.04. The Bertz CT molecular complexity index is 480. The molecule has 17 heavy (non-hydrogen) atoms. The highest BCUT2D eigenvalue weighted by Crippen LogP contribution is 2.07. The second-order valence-electron chi connectivity index (χ2n) is 3.54. The first-order valence-corrected chi connectivity index (χ1v) is 5.39. The number of benzene rings is 2. The van der Waals surface area contributed by atoms with Gasteiger partial charge in [0.15, 0.2) is 0 Å². The van der Waals surface area contributed by atoms with Crippen LogP contribution in [0.25, 0.3) is 0 Å². The predicted molar refractivity (Wildman–Crippen MR) is 69.0 cm³/mol. The van der Waals surface area contributed by atoms with Gasteiger partial charge in [0.2, 0.25) is 0 Å². The van der Waals surface area contributed by atoms with Gasteiger partial charge in [-0.05, 0) is 12.1 Å². The zero-order valence-electron chi connectivity index (χ0n) is 9.31. The van der Waals surface area contributed by atoms with Gasteiger partial charge in [-0.2, -0.15) is 5.10 Å². The number of nitrogens with one attached hydrogen (secondary N) is 1. The van der Waals surface area contributed by atoms with E-state index >= 15 is 0 Å². The van der Waals surface area contributed by atoms with Crippen molar-refractivity contribution in [3.63, 3.8) is 0 Å². The fourth-order valence-corrected chi connectivity index (χ4v) is 1.45. The van der Waals surface area contributed by atoms with Crippen molar-refractivity contribution < 1.29 is 4.39 Å². The molecule has 0 fully saturated rings. The van der Waals surface area contributed by atoms with Crippen molar-refractivity contribution in [2.24, 2.45) is 5.10 Å². The molecule has 0 aliphatic heterocycles. The van der Waals surface area contributed by atoms with Gasteiger partial charge in [-0.1, -0.05) is 48.5 Å². The predicted octanol–water partition coefficient (Wildman–Crippen LogP) is 3.47. The molecular formula is C14H13FN2. The third-order valence-corrected chi connectivity index (χ3v) is 2.33. The van der Waals surface area contributed by atoms with E-state index in [1.54, 1.807) is 0 Å². The first-order chi connectivity index (χ1) is 8.40. The number of nitrogens with zero attached hydrogens (tertiary/aromatic N) is 1. The molecule has 2 aromatic rings. The summed E-state index contributed by atoms with van der Waals surface area (Å²) in [6.45, 7) is -0.593. The van der Waals surface area contributed by atoms with Crippen LogP contribution in [0.2, 0.25) is 0 Å². The third kappa shape index (κ3) is 3.14. The number of halogens is 1. The quantitative estimate of drug-likeness (QED) is 0.629. The van der Waals surface area contributed by atoms with Crippen molar-refractivity contribution in [3.8, 4) is 0 Å². The molecule has 3 heteroatoms. The third-order valence-electron chi connectivity index (χ3n) is 2.33. The van der Waals surface area contributed by atoms with Gasteiger partial charge in [-0.15, -0.1) is 0 Å². The molecule has 1 N–H and O–H groups in total. The van der Waals surface area contributed by atoms with Crippen LogP contribution in [0.1, 0.15) is 5.56 Å². The SMILES string of the molecule is FCC(=NNc1ccccc1)c1ccccc1. The van der Waals surface area contributed by atoms with Crippen molar-refractivity contribution in [1.29, 1.82) is 0 Å². The van der Waals surface area contributed by atoms with Crippen LogP contribution in [0.15, 0.2) is 65.8 Å². The van der Waals surface area contributed by atoms with Crippen LogP contribution >= 0.6 is 0 Å². The van der Waals surface area contributed by atoms with Gasteiger partial charge < -0.3 is 0 Å². The Kier molecular flexibility index (Phi) is 3.86. The lowest BCUT2D eigenvalue weighted by Crippen LogP contribution is -2.06. The molecule has 0 spiro atoms. The molecule has 0 aromatic heterocycles. The summed E-state index contributed by atoms with van der Waals surface area (Å²) in [5.41, 5.74) is 4.87. The number of hydrogen-bond donors (Lipinski definition) is 1. The second-order valence-corrected chi connectivity index (χ2v) is 3.54. The lowest BCUT2D eigenvalue weighted by molar-refractivity contribution is 0.581. The summed E-state index contributed by atoms with van der Waals surface area (Å²) >= 11 is 0. The molecule has 0 aliphatic rings. The van der Waals surface area contributed by atoms with Gasteiger partial charge in [0.25, 0.3) is 0 Å². The summed E-state index contributed by atoms with van der Waals surface area (Å²) in [7, 11) is 0. The number of alkyl halides is 1. The minimum absolute atomic E-state index is 0.398. The van der Waals surface area contributed by atoms with Crippen LogP contribution in [0.4, 0.5) is 10.1 Å². The molecule has 86 valence electrons. The molecule has 0 saturated carbocycles. The smallest absolute Gasteiger partial charge is 0.134 e. The minimum Gasteiger partial charge on any atom is -0.278 e. The largest absolute Gasteiger partial charge is 0.278 e. The van der Waals surface area contributed by atoms with Gasteiger partial charge in [-0.3, -0.25) is 5.43 Å². The number of anilines is 1. The van der Waals surface area contributed by atoms with Gasteiger partial charge >= 0.3 is 0 Å². The highest BCUT2D eigenvalue weighted by molar-refractivity contribution is 6.01. The Morgan fingerprint density at radius 1 is 0.941 bits per heavy atom. The fourth-order valence-electron chi connectivity index (χ4n) is 1.45. The first kappa shape index (κ1) is 11.3. The molecule has 2 nitrogen and oxygen atoms in total. The molecule has 0 aliphatic carbocycles. The Morgan fingerprint density at radius 2 is 1.53 bits per heavy atom. The first-order valence-electron chi connectivity index (χ1n) is 5.39. The molecule has 2 aromatic carbocycles. The van der Waals surface area contributed by atoms with E-state index in [-0.39, 0.29) is 0 Å². The number of hydrogen-bond acceptors (Lipinski definition) is 2. The second kappa shape index (κ2) is 5.80. The summed E-state index contributed by atoms with van der Waals surface area (Å²) in [5.74, 6) is 0. The van der Waals surface area contributed by atoms with Crippen LogP contribution in [0, 0.1) is 0 Å². The van der Waals surface area contributed by atoms with E-state index in [9.17, 15) is 4.39 Å². The summed E-state index contributed by atoms with van der Waals surface area (Å²) < 4.78 is 12.9. The zero-order valence-corrected chi connectivity index (χ0v) is 9.31. The Labute approximate surface area is 99.8 Å². The van der Waals surface area contributed by atoms with E-state index in [1.807, 2.05) is 60.7 Å². The number of para-hydroxylation sites is 1. The van der Waals surface area contributed by atoms with E-state index < -0.39 is 6.67 Å². The molecule has 2 rings (SSSR count). The molecule has 0 unspecified atom stereocenters. The van der Waals surface area contributed by atoms with Crippen molar-refractivity contribution in [2.45, 2.75) is 0 Å². The lowest BCUT2D eigenvalue weighted by atomic mass is 10.1. The van der Waals surface area contributed by atoms with Crippen molar-refractivity contribution in [3.05, 3.63) is 66.2 Å². The maximum Gasteiger partial charge on any atom is 0.134 e. The van der Waals surface area contributed by atoms with E-state index in [1.165, 1.54) is 0 Å². The van der Waals surface area contributed by atoms with Crippen LogP contribution in [0.5, 0.6) is 0 Å². The number of rotatable bonds is 4. The maximum absolute atomic E-state index is 12.9. The monoisotopic (exact) mass is 228 g/mol. The highest BCUT2D eigenvalue weighted by atomic mass is 19.1. The highest BCUT2D eigenvalue weighted by Gasteiger charge is 2.01. The van der Waals surface area contributed by atoms with E-state index in [0.29, 0.717) is 5.71 Å². The number of hydrazone groups is 1. The van der Waals surface area contributed by atoms with Gasteiger partial charge in [-0.25, -0.2) is 4.39 Å². The molecular weight excluding hydrogens is 215 g/mol. The minimum atomic E-state index is -0.593. The fraction of sp³-hybridized carbons (Fsp3) is 0.0714. The maximum atomic E-state index is 12.9. The van der Waals surface area contributed by atoms with Crippen LogP contribution in [-0.4, -0.2) is 12.4 Å². The Morgan fingerprint density at radius 3 is 2.12 bits per heavy atom. The van der Waals surface area contributed by atoms with Gasteiger partial charge in [0.05, 0.1) is 11.4 Å².